The lowest BCUT2D eigenvalue weighted by atomic mass is 10.0. The minimum absolute atomic E-state index is 0.0436. The predicted molar refractivity (Wildman–Crippen MR) is 103 cm³/mol. The summed E-state index contributed by atoms with van der Waals surface area (Å²) in [7, 11) is 0. The number of aliphatic carboxylic acids is 2. The molecule has 0 saturated carbocycles. The topological polar surface area (TPSA) is 128 Å². The van der Waals surface area contributed by atoms with Crippen LogP contribution in [-0.4, -0.2) is 39.2 Å². The summed E-state index contributed by atoms with van der Waals surface area (Å²) in [5, 5.41) is 22.2. The first-order valence-electron chi connectivity index (χ1n) is 10.6. The van der Waals surface area contributed by atoms with Crippen molar-refractivity contribution in [2.75, 3.05) is 5.32 Å². The van der Waals surface area contributed by atoms with Crippen molar-refractivity contribution in [1.29, 1.82) is 0 Å². The fraction of sp³-hybridized carbons (Fsp3) is 0.200. The number of para-hydroxylation sites is 1. The Morgan fingerprint density at radius 3 is 2.52 bits per heavy atom. The van der Waals surface area contributed by atoms with Crippen LogP contribution in [0.4, 0.5) is 5.82 Å². The summed E-state index contributed by atoms with van der Waals surface area (Å²) >= 11 is 0. The Bertz CT molecular complexity index is 1140. The molecule has 0 saturated heterocycles. The fourth-order valence-corrected chi connectivity index (χ4v) is 2.78. The lowest BCUT2D eigenvalue weighted by Gasteiger charge is -2.17. The SMILES string of the molecule is [2H]N([2H])[C@]([2H])(C(=O)O)C([2H])([2H])c1c(N[C@@H](Cc2ccccc2)C(=O)O)[nH]c2ccccc12. The van der Waals surface area contributed by atoms with E-state index in [9.17, 15) is 19.8 Å². The Labute approximate surface area is 163 Å². The summed E-state index contributed by atoms with van der Waals surface area (Å²) in [5.74, 6) is -3.40. The molecule has 0 aliphatic heterocycles. The highest BCUT2D eigenvalue weighted by atomic mass is 16.4. The van der Waals surface area contributed by atoms with Gasteiger partial charge in [-0.05, 0) is 11.6 Å². The van der Waals surface area contributed by atoms with Gasteiger partial charge in [-0.2, -0.15) is 0 Å². The van der Waals surface area contributed by atoms with Crippen LogP contribution in [0.25, 0.3) is 10.9 Å². The van der Waals surface area contributed by atoms with Gasteiger partial charge in [0.1, 0.15) is 20.7 Å². The van der Waals surface area contributed by atoms with Crippen LogP contribution in [0.15, 0.2) is 54.6 Å². The van der Waals surface area contributed by atoms with Gasteiger partial charge >= 0.3 is 11.9 Å². The van der Waals surface area contributed by atoms with Crippen LogP contribution < -0.4 is 11.0 Å². The first-order chi connectivity index (χ1) is 15.0. The molecule has 1 aromatic heterocycles. The van der Waals surface area contributed by atoms with E-state index in [4.69, 9.17) is 6.94 Å². The molecule has 0 fully saturated rings. The second kappa shape index (κ2) is 7.92. The highest BCUT2D eigenvalue weighted by Crippen LogP contribution is 2.28. The first-order valence-corrected chi connectivity index (χ1v) is 8.16. The molecule has 0 unspecified atom stereocenters. The maximum Gasteiger partial charge on any atom is 0.326 e. The van der Waals surface area contributed by atoms with Crippen molar-refractivity contribution in [3.05, 3.63) is 65.7 Å². The third-order valence-electron chi connectivity index (χ3n) is 4.05. The van der Waals surface area contributed by atoms with E-state index in [0.29, 0.717) is 11.1 Å². The van der Waals surface area contributed by atoms with Gasteiger partial charge in [0, 0.05) is 32.0 Å². The number of H-pyrrole nitrogens is 1. The average molecular weight is 372 g/mol. The van der Waals surface area contributed by atoms with Crippen LogP contribution in [0, 0.1) is 0 Å². The van der Waals surface area contributed by atoms with Gasteiger partial charge in [-0.15, -0.1) is 0 Å². The zero-order valence-corrected chi connectivity index (χ0v) is 14.1. The molecular weight excluding hydrogens is 346 g/mol. The molecule has 140 valence electrons. The number of carboxylic acids is 2. The Morgan fingerprint density at radius 1 is 1.15 bits per heavy atom. The van der Waals surface area contributed by atoms with E-state index >= 15 is 0 Å². The molecule has 0 bridgehead atoms. The largest absolute Gasteiger partial charge is 0.480 e. The molecule has 2 atom stereocenters. The van der Waals surface area contributed by atoms with Gasteiger partial charge in [-0.1, -0.05) is 48.5 Å². The molecule has 3 rings (SSSR count). The Hall–Kier alpha value is -3.32. The number of benzene rings is 2. The third kappa shape index (κ3) is 4.27. The van der Waals surface area contributed by atoms with Crippen molar-refractivity contribution in [3.8, 4) is 0 Å². The van der Waals surface area contributed by atoms with Crippen LogP contribution >= 0.6 is 0 Å². The quantitative estimate of drug-likeness (QED) is 0.392. The zero-order chi connectivity index (χ0) is 23.7. The molecule has 3 aromatic rings. The van der Waals surface area contributed by atoms with E-state index in [2.05, 4.69) is 10.3 Å². The summed E-state index contributed by atoms with van der Waals surface area (Å²) in [4.78, 5) is 26.6. The van der Waals surface area contributed by atoms with Crippen LogP contribution in [0.3, 0.4) is 0 Å². The van der Waals surface area contributed by atoms with Crippen LogP contribution in [0.2, 0.25) is 2.82 Å². The lowest BCUT2D eigenvalue weighted by Crippen LogP contribution is -2.34. The van der Waals surface area contributed by atoms with E-state index in [-0.39, 0.29) is 23.2 Å². The van der Waals surface area contributed by atoms with E-state index in [1.165, 1.54) is 6.07 Å². The number of aromatic nitrogens is 1. The third-order valence-corrected chi connectivity index (χ3v) is 4.05. The monoisotopic (exact) mass is 372 g/mol. The highest BCUT2D eigenvalue weighted by molar-refractivity contribution is 5.91. The summed E-state index contributed by atoms with van der Waals surface area (Å²) in [5.41, 5.74) is 0.206. The number of carbonyl (C=O) groups is 2. The first kappa shape index (κ1) is 12.9. The molecule has 0 amide bonds. The Balaban J connectivity index is 2.15. The second-order valence-electron chi connectivity index (χ2n) is 5.92. The number of rotatable bonds is 9. The van der Waals surface area contributed by atoms with Gasteiger partial charge in [0.15, 0.2) is 0 Å². The molecule has 1 heterocycles. The standard InChI is InChI=1S/C20H21N3O4/c21-15(19(24)25)11-14-13-8-4-5-9-16(13)22-18(14)23-17(20(26)27)10-12-6-2-1-3-7-12/h1-9,15,17,22-23H,10-11,21H2,(H,24,25)(H,26,27)/t15-,17-/m0/s1/i11D2,15D/hD2. The molecule has 0 aliphatic rings. The van der Waals surface area contributed by atoms with Crippen molar-refractivity contribution in [2.45, 2.75) is 24.9 Å². The molecule has 7 nitrogen and oxygen atoms in total. The van der Waals surface area contributed by atoms with Gasteiger partial charge in [0.05, 0.1) is 1.37 Å². The molecule has 7 heteroatoms. The molecule has 6 N–H and O–H groups in total. The highest BCUT2D eigenvalue weighted by Gasteiger charge is 2.23. The predicted octanol–water partition coefficient (Wildman–Crippen LogP) is 2.23. The van der Waals surface area contributed by atoms with Crippen molar-refractivity contribution in [2.24, 2.45) is 5.72 Å². The van der Waals surface area contributed by atoms with Gasteiger partial charge in [-0.25, -0.2) is 4.79 Å². The molecule has 2 aromatic carbocycles. The number of fused-ring (bicyclic) bond motifs is 1. The number of nitrogens with two attached hydrogens (primary N) is 1. The number of hydrogen-bond donors (Lipinski definition) is 5. The van der Waals surface area contributed by atoms with Crippen LogP contribution in [-0.2, 0) is 22.4 Å². The molecule has 0 aliphatic carbocycles. The summed E-state index contributed by atoms with van der Waals surface area (Å²) in [6.07, 6.45) is -3.05. The smallest absolute Gasteiger partial charge is 0.326 e. The molecule has 27 heavy (non-hydrogen) atoms. The summed E-state index contributed by atoms with van der Waals surface area (Å²) in [6, 6.07) is 10.5. The summed E-state index contributed by atoms with van der Waals surface area (Å²) in [6.45, 7) is 0. The van der Waals surface area contributed by atoms with E-state index < -0.39 is 36.1 Å². The number of carboxylic acid groups (broad SMARTS) is 2. The fourth-order valence-electron chi connectivity index (χ4n) is 2.78. The van der Waals surface area contributed by atoms with Gasteiger partial charge < -0.3 is 26.2 Å². The molecular formula is C20H21N3O4. The van der Waals surface area contributed by atoms with Crippen LogP contribution in [0.5, 0.6) is 0 Å². The Morgan fingerprint density at radius 2 is 1.85 bits per heavy atom. The molecule has 0 spiro atoms. The summed E-state index contributed by atoms with van der Waals surface area (Å²) < 4.78 is 40.0. The Kier molecular flexibility index (Phi) is 3.80. The van der Waals surface area contributed by atoms with Gasteiger partial charge in [0.25, 0.3) is 0 Å². The van der Waals surface area contributed by atoms with Gasteiger partial charge in [-0.3, -0.25) is 4.79 Å². The number of nitrogens with one attached hydrogen (secondary N) is 2. The maximum atomic E-state index is 11.9. The van der Waals surface area contributed by atoms with Crippen molar-refractivity contribution >= 4 is 28.7 Å². The number of aromatic amines is 1. The normalized spacial score (nSPS) is 17.7. The van der Waals surface area contributed by atoms with Crippen molar-refractivity contribution in [3.63, 3.8) is 0 Å². The van der Waals surface area contributed by atoms with E-state index in [1.807, 2.05) is 0 Å². The number of anilines is 1. The minimum atomic E-state index is -3.34. The van der Waals surface area contributed by atoms with Gasteiger partial charge in [0.2, 0.25) is 0 Å². The lowest BCUT2D eigenvalue weighted by molar-refractivity contribution is -0.139. The van der Waals surface area contributed by atoms with Crippen molar-refractivity contribution in [1.82, 2.24) is 4.98 Å². The number of hydrogen-bond acceptors (Lipinski definition) is 4. The second-order valence-corrected chi connectivity index (χ2v) is 5.92. The zero-order valence-electron chi connectivity index (χ0n) is 19.1. The van der Waals surface area contributed by atoms with E-state index in [0.717, 1.165) is 0 Å². The van der Waals surface area contributed by atoms with E-state index in [1.54, 1.807) is 48.5 Å². The minimum Gasteiger partial charge on any atom is -0.480 e. The van der Waals surface area contributed by atoms with Crippen LogP contribution in [0.1, 0.15) is 15.2 Å². The van der Waals surface area contributed by atoms with Crippen molar-refractivity contribution < 1.29 is 26.7 Å². The average Bonchev–Trinajstić information content (AvgIpc) is 3.11. The maximum absolute atomic E-state index is 11.9. The molecule has 0 radical (unpaired) electrons.